The number of para-hydroxylation sites is 1. The molecule has 0 saturated carbocycles. The third kappa shape index (κ3) is 1.27. The summed E-state index contributed by atoms with van der Waals surface area (Å²) in [7, 11) is 0. The quantitative estimate of drug-likeness (QED) is 0.260. The standard InChI is InChI=1S/C22H14N2/c1-13-23-21-18-9-3-2-7-14(18)16-10-6-11-17-15-8-4-5-12-19(15)24(13)22(21)20(16)17/h2-12H,1H3. The average Bonchev–Trinajstić information content (AvgIpc) is 2.99. The van der Waals surface area contributed by atoms with E-state index in [2.05, 4.69) is 78.1 Å². The van der Waals surface area contributed by atoms with Crippen LogP contribution in [0.1, 0.15) is 5.82 Å². The number of nitrogens with zero attached hydrogens (tertiary/aromatic N) is 2. The van der Waals surface area contributed by atoms with Crippen LogP contribution >= 0.6 is 0 Å². The molecule has 4 aromatic carbocycles. The zero-order chi connectivity index (χ0) is 15.8. The Morgan fingerprint density at radius 1 is 0.667 bits per heavy atom. The van der Waals surface area contributed by atoms with Crippen molar-refractivity contribution in [3.63, 3.8) is 0 Å². The molecule has 0 N–H and O–H groups in total. The van der Waals surface area contributed by atoms with E-state index in [-0.39, 0.29) is 0 Å². The van der Waals surface area contributed by atoms with Gasteiger partial charge in [0.25, 0.3) is 0 Å². The summed E-state index contributed by atoms with van der Waals surface area (Å²) in [6, 6.07) is 23.9. The van der Waals surface area contributed by atoms with Gasteiger partial charge in [-0.3, -0.25) is 4.40 Å². The Kier molecular flexibility index (Phi) is 2.07. The number of hydrogen-bond acceptors (Lipinski definition) is 1. The molecule has 6 rings (SSSR count). The monoisotopic (exact) mass is 306 g/mol. The van der Waals surface area contributed by atoms with Gasteiger partial charge in [-0.2, -0.15) is 0 Å². The molecular formula is C22H14N2. The molecule has 0 atom stereocenters. The lowest BCUT2D eigenvalue weighted by atomic mass is 9.95. The van der Waals surface area contributed by atoms with Crippen LogP contribution in [0.2, 0.25) is 0 Å². The molecule has 0 spiro atoms. The van der Waals surface area contributed by atoms with E-state index in [1.165, 1.54) is 43.4 Å². The Labute approximate surface area is 138 Å². The summed E-state index contributed by atoms with van der Waals surface area (Å²) in [4.78, 5) is 4.96. The van der Waals surface area contributed by atoms with Gasteiger partial charge in [-0.05, 0) is 29.1 Å². The van der Waals surface area contributed by atoms with E-state index in [1.807, 2.05) is 0 Å². The highest BCUT2D eigenvalue weighted by atomic mass is 15.0. The highest BCUT2D eigenvalue weighted by Gasteiger charge is 2.19. The van der Waals surface area contributed by atoms with Crippen LogP contribution in [0.4, 0.5) is 0 Å². The molecule has 2 heterocycles. The van der Waals surface area contributed by atoms with Crippen LogP contribution < -0.4 is 0 Å². The van der Waals surface area contributed by atoms with E-state index in [0.29, 0.717) is 0 Å². The predicted octanol–water partition coefficient (Wildman–Crippen LogP) is 5.69. The molecule has 24 heavy (non-hydrogen) atoms. The first kappa shape index (κ1) is 12.3. The Morgan fingerprint density at radius 2 is 1.29 bits per heavy atom. The smallest absolute Gasteiger partial charge is 0.111 e. The fraction of sp³-hybridized carbons (Fsp3) is 0.0455. The van der Waals surface area contributed by atoms with Crippen molar-refractivity contribution >= 4 is 48.9 Å². The third-order valence-corrected chi connectivity index (χ3v) is 5.25. The summed E-state index contributed by atoms with van der Waals surface area (Å²) >= 11 is 0. The first-order chi connectivity index (χ1) is 11.8. The van der Waals surface area contributed by atoms with Crippen LogP contribution in [-0.2, 0) is 0 Å². The summed E-state index contributed by atoms with van der Waals surface area (Å²) < 4.78 is 2.33. The topological polar surface area (TPSA) is 17.3 Å². The van der Waals surface area contributed by atoms with E-state index in [1.54, 1.807) is 0 Å². The zero-order valence-corrected chi connectivity index (χ0v) is 13.2. The second kappa shape index (κ2) is 4.04. The maximum atomic E-state index is 4.96. The fourth-order valence-electron chi connectivity index (χ4n) is 4.32. The minimum absolute atomic E-state index is 1.05. The molecule has 0 aliphatic rings. The second-order valence-corrected chi connectivity index (χ2v) is 6.48. The molecule has 2 nitrogen and oxygen atoms in total. The first-order valence-corrected chi connectivity index (χ1v) is 8.27. The van der Waals surface area contributed by atoms with Crippen molar-refractivity contribution in [1.82, 2.24) is 9.38 Å². The fourth-order valence-corrected chi connectivity index (χ4v) is 4.32. The van der Waals surface area contributed by atoms with Gasteiger partial charge in [-0.25, -0.2) is 4.98 Å². The molecular weight excluding hydrogens is 292 g/mol. The highest BCUT2D eigenvalue weighted by Crippen LogP contribution is 2.41. The Morgan fingerprint density at radius 3 is 2.12 bits per heavy atom. The van der Waals surface area contributed by atoms with Crippen molar-refractivity contribution in [2.45, 2.75) is 6.92 Å². The molecule has 0 radical (unpaired) electrons. The lowest BCUT2D eigenvalue weighted by Crippen LogP contribution is -1.94. The number of pyridine rings is 1. The van der Waals surface area contributed by atoms with Crippen molar-refractivity contribution < 1.29 is 0 Å². The van der Waals surface area contributed by atoms with Crippen LogP contribution in [0.15, 0.2) is 66.7 Å². The van der Waals surface area contributed by atoms with Crippen LogP contribution in [0.25, 0.3) is 48.9 Å². The zero-order valence-electron chi connectivity index (χ0n) is 13.2. The number of aryl methyl sites for hydroxylation is 1. The molecule has 112 valence electrons. The molecule has 0 aliphatic heterocycles. The highest BCUT2D eigenvalue weighted by molar-refractivity contribution is 6.31. The van der Waals surface area contributed by atoms with Gasteiger partial charge in [0.05, 0.1) is 16.6 Å². The predicted molar refractivity (Wildman–Crippen MR) is 101 cm³/mol. The van der Waals surface area contributed by atoms with Crippen molar-refractivity contribution in [3.05, 3.63) is 72.6 Å². The largest absolute Gasteiger partial charge is 0.295 e. The van der Waals surface area contributed by atoms with Crippen LogP contribution in [-0.4, -0.2) is 9.38 Å². The van der Waals surface area contributed by atoms with Gasteiger partial charge < -0.3 is 0 Å². The number of rotatable bonds is 0. The van der Waals surface area contributed by atoms with Crippen LogP contribution in [0.5, 0.6) is 0 Å². The van der Waals surface area contributed by atoms with Crippen molar-refractivity contribution in [2.75, 3.05) is 0 Å². The van der Waals surface area contributed by atoms with Gasteiger partial charge in [-0.15, -0.1) is 0 Å². The van der Waals surface area contributed by atoms with E-state index in [4.69, 9.17) is 4.98 Å². The van der Waals surface area contributed by atoms with Crippen LogP contribution in [0.3, 0.4) is 0 Å². The third-order valence-electron chi connectivity index (χ3n) is 5.25. The maximum absolute atomic E-state index is 4.96. The maximum Gasteiger partial charge on any atom is 0.111 e. The molecule has 0 unspecified atom stereocenters. The Balaban J connectivity index is 2.16. The van der Waals surface area contributed by atoms with Crippen LogP contribution in [0, 0.1) is 6.92 Å². The molecule has 2 aromatic heterocycles. The molecule has 0 bridgehead atoms. The van der Waals surface area contributed by atoms with Gasteiger partial charge in [0.1, 0.15) is 5.82 Å². The van der Waals surface area contributed by atoms with E-state index in [0.717, 1.165) is 11.3 Å². The van der Waals surface area contributed by atoms with E-state index < -0.39 is 0 Å². The summed E-state index contributed by atoms with van der Waals surface area (Å²) in [6.07, 6.45) is 0. The minimum Gasteiger partial charge on any atom is -0.295 e. The Bertz CT molecular complexity index is 1390. The number of imidazole rings is 1. The minimum atomic E-state index is 1.05. The normalized spacial score (nSPS) is 12.4. The van der Waals surface area contributed by atoms with E-state index in [9.17, 15) is 0 Å². The van der Waals surface area contributed by atoms with E-state index >= 15 is 0 Å². The second-order valence-electron chi connectivity index (χ2n) is 6.48. The lowest BCUT2D eigenvalue weighted by molar-refractivity contribution is 1.09. The van der Waals surface area contributed by atoms with Gasteiger partial charge in [0.2, 0.25) is 0 Å². The van der Waals surface area contributed by atoms with Crippen molar-refractivity contribution in [2.24, 2.45) is 0 Å². The van der Waals surface area contributed by atoms with Crippen molar-refractivity contribution in [3.8, 4) is 0 Å². The number of hydrogen-bond donors (Lipinski definition) is 0. The van der Waals surface area contributed by atoms with Crippen molar-refractivity contribution in [1.29, 1.82) is 0 Å². The molecule has 0 saturated heterocycles. The van der Waals surface area contributed by atoms with Gasteiger partial charge in [-0.1, -0.05) is 60.7 Å². The summed E-state index contributed by atoms with van der Waals surface area (Å²) in [5.41, 5.74) is 3.58. The Hall–Kier alpha value is -3.13. The molecule has 6 aromatic rings. The molecule has 2 heteroatoms. The summed E-state index contributed by atoms with van der Waals surface area (Å²) in [6.45, 7) is 2.10. The molecule has 0 amide bonds. The summed E-state index contributed by atoms with van der Waals surface area (Å²) in [5.74, 6) is 1.05. The average molecular weight is 306 g/mol. The van der Waals surface area contributed by atoms with Gasteiger partial charge in [0.15, 0.2) is 0 Å². The first-order valence-electron chi connectivity index (χ1n) is 8.27. The van der Waals surface area contributed by atoms with Gasteiger partial charge in [0, 0.05) is 16.2 Å². The number of benzene rings is 4. The molecule has 0 aliphatic carbocycles. The SMILES string of the molecule is Cc1nc2c3ccccc3c3cccc4c5ccccc5n1c2c34. The van der Waals surface area contributed by atoms with Gasteiger partial charge >= 0.3 is 0 Å². The summed E-state index contributed by atoms with van der Waals surface area (Å²) in [5, 5.41) is 7.75. The molecule has 0 fully saturated rings. The number of aromatic nitrogens is 2. The number of fused-ring (bicyclic) bond motifs is 6. The lowest BCUT2D eigenvalue weighted by Gasteiger charge is -2.14.